The molecule has 1 aliphatic heterocycles. The molecule has 2 N–H and O–H groups in total. The van der Waals surface area contributed by atoms with Crippen LogP contribution in [0.2, 0.25) is 0 Å². The van der Waals surface area contributed by atoms with Gasteiger partial charge in [-0.3, -0.25) is 4.79 Å². The lowest BCUT2D eigenvalue weighted by atomic mass is 10.1. The van der Waals surface area contributed by atoms with Crippen molar-refractivity contribution in [2.75, 3.05) is 6.54 Å². The summed E-state index contributed by atoms with van der Waals surface area (Å²) in [5, 5.41) is 11.7. The van der Waals surface area contributed by atoms with Gasteiger partial charge in [-0.05, 0) is 24.5 Å². The molecule has 2 amide bonds. The average Bonchev–Trinajstić information content (AvgIpc) is 2.85. The van der Waals surface area contributed by atoms with E-state index in [4.69, 9.17) is 5.11 Å². The standard InChI is InChI=1S/C14H17BrN2O3/c15-12-6-2-1-4-10(12)9-16-14(20)17-7-3-5-11(17)8-13(18)19/h1-2,4,6,11H,3,5,7-9H2,(H,16,20)(H,18,19). The van der Waals surface area contributed by atoms with Crippen LogP contribution in [0.5, 0.6) is 0 Å². The Labute approximate surface area is 126 Å². The number of hydrogen-bond acceptors (Lipinski definition) is 2. The predicted molar refractivity (Wildman–Crippen MR) is 78.4 cm³/mol. The normalized spacial score (nSPS) is 18.1. The lowest BCUT2D eigenvalue weighted by molar-refractivity contribution is -0.137. The van der Waals surface area contributed by atoms with Crippen LogP contribution in [0.3, 0.4) is 0 Å². The lowest BCUT2D eigenvalue weighted by Crippen LogP contribution is -2.43. The average molecular weight is 341 g/mol. The summed E-state index contributed by atoms with van der Waals surface area (Å²) in [6.07, 6.45) is 1.64. The molecule has 1 aromatic rings. The zero-order valence-corrected chi connectivity index (χ0v) is 12.6. The zero-order chi connectivity index (χ0) is 14.5. The number of aliphatic carboxylic acids is 1. The van der Waals surface area contributed by atoms with Crippen molar-refractivity contribution in [2.45, 2.75) is 31.8 Å². The van der Waals surface area contributed by atoms with E-state index < -0.39 is 5.97 Å². The van der Waals surface area contributed by atoms with E-state index >= 15 is 0 Å². The van der Waals surface area contributed by atoms with Crippen molar-refractivity contribution in [1.29, 1.82) is 0 Å². The smallest absolute Gasteiger partial charge is 0.317 e. The molecule has 1 atom stereocenters. The summed E-state index contributed by atoms with van der Waals surface area (Å²) in [6.45, 7) is 1.05. The van der Waals surface area contributed by atoms with Crippen LogP contribution in [-0.2, 0) is 11.3 Å². The largest absolute Gasteiger partial charge is 0.481 e. The molecular weight excluding hydrogens is 324 g/mol. The minimum Gasteiger partial charge on any atom is -0.481 e. The Morgan fingerprint density at radius 1 is 1.40 bits per heavy atom. The Bertz CT molecular complexity index is 507. The lowest BCUT2D eigenvalue weighted by Gasteiger charge is -2.24. The molecule has 6 heteroatoms. The molecule has 1 aliphatic rings. The molecule has 20 heavy (non-hydrogen) atoms. The minimum atomic E-state index is -0.861. The highest BCUT2D eigenvalue weighted by molar-refractivity contribution is 9.10. The molecule has 0 bridgehead atoms. The second-order valence-corrected chi connectivity index (χ2v) is 5.69. The number of hydrogen-bond donors (Lipinski definition) is 2. The highest BCUT2D eigenvalue weighted by Crippen LogP contribution is 2.20. The van der Waals surface area contributed by atoms with Gasteiger partial charge in [-0.1, -0.05) is 34.1 Å². The van der Waals surface area contributed by atoms with Crippen molar-refractivity contribution in [3.63, 3.8) is 0 Å². The molecule has 1 saturated heterocycles. The molecule has 0 saturated carbocycles. The minimum absolute atomic E-state index is 0.0163. The van der Waals surface area contributed by atoms with Crippen LogP contribution in [0.1, 0.15) is 24.8 Å². The summed E-state index contributed by atoms with van der Waals surface area (Å²) in [5.41, 5.74) is 0.995. The van der Waals surface area contributed by atoms with Gasteiger partial charge in [-0.15, -0.1) is 0 Å². The first-order valence-electron chi connectivity index (χ1n) is 6.57. The second-order valence-electron chi connectivity index (χ2n) is 4.84. The molecule has 0 spiro atoms. The fraction of sp³-hybridized carbons (Fsp3) is 0.429. The van der Waals surface area contributed by atoms with E-state index in [0.717, 1.165) is 22.9 Å². The van der Waals surface area contributed by atoms with Crippen molar-refractivity contribution in [3.8, 4) is 0 Å². The number of amides is 2. The third kappa shape index (κ3) is 3.72. The molecule has 1 fully saturated rings. The molecule has 2 rings (SSSR count). The number of rotatable bonds is 4. The van der Waals surface area contributed by atoms with Crippen LogP contribution < -0.4 is 5.32 Å². The zero-order valence-electron chi connectivity index (χ0n) is 11.0. The third-order valence-corrected chi connectivity index (χ3v) is 4.21. The Morgan fingerprint density at radius 3 is 2.85 bits per heavy atom. The number of carboxylic acids is 1. The molecule has 0 aromatic heterocycles. The van der Waals surface area contributed by atoms with Crippen LogP contribution in [0.25, 0.3) is 0 Å². The third-order valence-electron chi connectivity index (χ3n) is 3.44. The first kappa shape index (κ1) is 14.8. The van der Waals surface area contributed by atoms with Crippen molar-refractivity contribution >= 4 is 27.9 Å². The summed E-state index contributed by atoms with van der Waals surface area (Å²) < 4.78 is 0.948. The summed E-state index contributed by atoms with van der Waals surface area (Å²) in [7, 11) is 0. The van der Waals surface area contributed by atoms with E-state index in [9.17, 15) is 9.59 Å². The number of carboxylic acid groups (broad SMARTS) is 1. The summed E-state index contributed by atoms with van der Waals surface area (Å²) in [6, 6.07) is 7.30. The van der Waals surface area contributed by atoms with Gasteiger partial charge >= 0.3 is 12.0 Å². The fourth-order valence-electron chi connectivity index (χ4n) is 2.43. The van der Waals surface area contributed by atoms with Gasteiger partial charge in [0.25, 0.3) is 0 Å². The number of halogens is 1. The van der Waals surface area contributed by atoms with Gasteiger partial charge in [-0.2, -0.15) is 0 Å². The van der Waals surface area contributed by atoms with Crippen LogP contribution in [-0.4, -0.2) is 34.6 Å². The number of carbonyl (C=O) groups excluding carboxylic acids is 1. The highest BCUT2D eigenvalue weighted by Gasteiger charge is 2.30. The van der Waals surface area contributed by atoms with Gasteiger partial charge in [0.15, 0.2) is 0 Å². The van der Waals surface area contributed by atoms with Gasteiger partial charge in [0, 0.05) is 23.6 Å². The van der Waals surface area contributed by atoms with Crippen molar-refractivity contribution in [2.24, 2.45) is 0 Å². The van der Waals surface area contributed by atoms with Gasteiger partial charge < -0.3 is 15.3 Å². The fourth-order valence-corrected chi connectivity index (χ4v) is 2.86. The van der Waals surface area contributed by atoms with Crippen molar-refractivity contribution in [1.82, 2.24) is 10.2 Å². The molecule has 108 valence electrons. The summed E-state index contributed by atoms with van der Waals surface area (Å²) >= 11 is 3.43. The first-order valence-corrected chi connectivity index (χ1v) is 7.37. The van der Waals surface area contributed by atoms with Crippen LogP contribution in [0.15, 0.2) is 28.7 Å². The molecule has 5 nitrogen and oxygen atoms in total. The van der Waals surface area contributed by atoms with E-state index in [2.05, 4.69) is 21.2 Å². The number of likely N-dealkylation sites (tertiary alicyclic amines) is 1. The topological polar surface area (TPSA) is 69.6 Å². The summed E-state index contributed by atoms with van der Waals surface area (Å²) in [5.74, 6) is -0.861. The Hall–Kier alpha value is -1.56. The van der Waals surface area contributed by atoms with E-state index in [1.807, 2.05) is 24.3 Å². The highest BCUT2D eigenvalue weighted by atomic mass is 79.9. The molecule has 1 unspecified atom stereocenters. The van der Waals surface area contributed by atoms with E-state index in [-0.39, 0.29) is 18.5 Å². The van der Waals surface area contributed by atoms with Crippen molar-refractivity contribution in [3.05, 3.63) is 34.3 Å². The second kappa shape index (κ2) is 6.74. The number of carbonyl (C=O) groups is 2. The summed E-state index contributed by atoms with van der Waals surface area (Å²) in [4.78, 5) is 24.5. The first-order chi connectivity index (χ1) is 9.58. The Balaban J connectivity index is 1.91. The maximum Gasteiger partial charge on any atom is 0.317 e. The van der Waals surface area contributed by atoms with E-state index in [1.165, 1.54) is 0 Å². The predicted octanol–water partition coefficient (Wildman–Crippen LogP) is 2.60. The van der Waals surface area contributed by atoms with Gasteiger partial charge in [0.05, 0.1) is 6.42 Å². The molecular formula is C14H17BrN2O3. The number of nitrogens with one attached hydrogen (secondary N) is 1. The van der Waals surface area contributed by atoms with E-state index in [0.29, 0.717) is 13.1 Å². The Morgan fingerprint density at radius 2 is 2.15 bits per heavy atom. The Kier molecular flexibility index (Phi) is 5.00. The number of nitrogens with zero attached hydrogens (tertiary/aromatic N) is 1. The van der Waals surface area contributed by atoms with Gasteiger partial charge in [-0.25, -0.2) is 4.79 Å². The monoisotopic (exact) mass is 340 g/mol. The van der Waals surface area contributed by atoms with E-state index in [1.54, 1.807) is 4.90 Å². The quantitative estimate of drug-likeness (QED) is 0.884. The molecule has 0 aliphatic carbocycles. The van der Waals surface area contributed by atoms with Gasteiger partial charge in [0.1, 0.15) is 0 Å². The van der Waals surface area contributed by atoms with Gasteiger partial charge in [0.2, 0.25) is 0 Å². The number of benzene rings is 1. The van der Waals surface area contributed by atoms with Crippen molar-refractivity contribution < 1.29 is 14.7 Å². The van der Waals surface area contributed by atoms with Crippen LogP contribution in [0.4, 0.5) is 4.79 Å². The molecule has 1 aromatic carbocycles. The molecule has 0 radical (unpaired) electrons. The maximum absolute atomic E-state index is 12.1. The molecule has 1 heterocycles. The van der Waals surface area contributed by atoms with Crippen LogP contribution >= 0.6 is 15.9 Å². The number of urea groups is 1. The van der Waals surface area contributed by atoms with Crippen LogP contribution in [0, 0.1) is 0 Å². The SMILES string of the molecule is O=C(O)CC1CCCN1C(=O)NCc1ccccc1Br. The maximum atomic E-state index is 12.1.